The summed E-state index contributed by atoms with van der Waals surface area (Å²) in [7, 11) is 0. The van der Waals surface area contributed by atoms with Crippen LogP contribution in [0.5, 0.6) is 0 Å². The van der Waals surface area contributed by atoms with E-state index in [1.54, 1.807) is 10.1 Å². The maximum absolute atomic E-state index is 12.2. The largest absolute Gasteiger partial charge is 0.292 e. The van der Waals surface area contributed by atoms with E-state index in [2.05, 4.69) is 10.1 Å². The SMILES string of the molecule is CCc1nn(CC)c(CC(=O)c2csc(C)n2)c1Cl. The van der Waals surface area contributed by atoms with E-state index in [1.165, 1.54) is 11.3 Å². The predicted octanol–water partition coefficient (Wildman–Crippen LogP) is 3.31. The minimum atomic E-state index is -0.0106. The fourth-order valence-electron chi connectivity index (χ4n) is 1.92. The van der Waals surface area contributed by atoms with Gasteiger partial charge in [0.25, 0.3) is 0 Å². The molecule has 0 N–H and O–H groups in total. The van der Waals surface area contributed by atoms with Gasteiger partial charge < -0.3 is 0 Å². The Kier molecular flexibility index (Phi) is 4.37. The lowest BCUT2D eigenvalue weighted by molar-refractivity contribution is 0.0986. The summed E-state index contributed by atoms with van der Waals surface area (Å²) in [6.45, 7) is 6.59. The number of nitrogens with zero attached hydrogens (tertiary/aromatic N) is 3. The van der Waals surface area contributed by atoms with Crippen molar-refractivity contribution in [2.45, 2.75) is 40.2 Å². The van der Waals surface area contributed by atoms with E-state index in [0.29, 0.717) is 17.3 Å². The van der Waals surface area contributed by atoms with Gasteiger partial charge in [0.05, 0.1) is 27.8 Å². The number of aryl methyl sites for hydroxylation is 3. The second-order valence-corrected chi connectivity index (χ2v) is 5.67. The molecule has 2 rings (SSSR count). The topological polar surface area (TPSA) is 47.8 Å². The Morgan fingerprint density at radius 2 is 2.21 bits per heavy atom. The summed E-state index contributed by atoms with van der Waals surface area (Å²) in [6.07, 6.45) is 1.02. The number of halogens is 1. The molecule has 4 nitrogen and oxygen atoms in total. The van der Waals surface area contributed by atoms with E-state index in [-0.39, 0.29) is 12.2 Å². The van der Waals surface area contributed by atoms with Gasteiger partial charge in [-0.1, -0.05) is 18.5 Å². The summed E-state index contributed by atoms with van der Waals surface area (Å²) in [5, 5.41) is 7.72. The second kappa shape index (κ2) is 5.84. The van der Waals surface area contributed by atoms with Crippen molar-refractivity contribution in [3.63, 3.8) is 0 Å². The van der Waals surface area contributed by atoms with Gasteiger partial charge in [0, 0.05) is 11.9 Å². The summed E-state index contributed by atoms with van der Waals surface area (Å²) >= 11 is 7.77. The summed E-state index contributed by atoms with van der Waals surface area (Å²) < 4.78 is 1.80. The Bertz CT molecular complexity index is 603. The highest BCUT2D eigenvalue weighted by Gasteiger charge is 2.19. The van der Waals surface area contributed by atoms with Gasteiger partial charge in [0.15, 0.2) is 5.78 Å². The Morgan fingerprint density at radius 1 is 1.47 bits per heavy atom. The van der Waals surface area contributed by atoms with Crippen LogP contribution < -0.4 is 0 Å². The van der Waals surface area contributed by atoms with Crippen molar-refractivity contribution in [2.24, 2.45) is 0 Å². The molecule has 2 heterocycles. The van der Waals surface area contributed by atoms with Crippen LogP contribution in [0.4, 0.5) is 0 Å². The molecule has 0 spiro atoms. The highest BCUT2D eigenvalue weighted by atomic mass is 35.5. The molecule has 2 aromatic rings. The molecule has 0 unspecified atom stereocenters. The second-order valence-electron chi connectivity index (χ2n) is 4.23. The van der Waals surface area contributed by atoms with Crippen LogP contribution in [0.3, 0.4) is 0 Å². The molecule has 0 bridgehead atoms. The Hall–Kier alpha value is -1.20. The lowest BCUT2D eigenvalue weighted by Crippen LogP contribution is -2.10. The average Bonchev–Trinajstić information content (AvgIpc) is 2.95. The van der Waals surface area contributed by atoms with Crippen molar-refractivity contribution in [3.05, 3.63) is 32.5 Å². The van der Waals surface area contributed by atoms with E-state index < -0.39 is 0 Å². The average molecular weight is 298 g/mol. The van der Waals surface area contributed by atoms with Crippen LogP contribution in [-0.2, 0) is 19.4 Å². The van der Waals surface area contributed by atoms with E-state index in [0.717, 1.165) is 22.8 Å². The molecular formula is C13H16ClN3OS. The summed E-state index contributed by atoms with van der Waals surface area (Å²) in [6, 6.07) is 0. The molecule has 0 saturated carbocycles. The monoisotopic (exact) mass is 297 g/mol. The zero-order valence-corrected chi connectivity index (χ0v) is 12.8. The van der Waals surface area contributed by atoms with Crippen molar-refractivity contribution in [3.8, 4) is 0 Å². The van der Waals surface area contributed by atoms with Crippen molar-refractivity contribution in [1.82, 2.24) is 14.8 Å². The Morgan fingerprint density at radius 3 is 2.74 bits per heavy atom. The molecule has 0 aromatic carbocycles. The Balaban J connectivity index is 2.28. The third-order valence-electron chi connectivity index (χ3n) is 2.93. The van der Waals surface area contributed by atoms with Gasteiger partial charge in [0.1, 0.15) is 5.69 Å². The number of rotatable bonds is 5. The first-order valence-corrected chi connectivity index (χ1v) is 7.51. The van der Waals surface area contributed by atoms with Crippen LogP contribution in [0, 0.1) is 6.92 Å². The fraction of sp³-hybridized carbons (Fsp3) is 0.462. The molecule has 0 saturated heterocycles. The van der Waals surface area contributed by atoms with Crippen LogP contribution in [0.1, 0.15) is 40.7 Å². The molecule has 19 heavy (non-hydrogen) atoms. The van der Waals surface area contributed by atoms with Crippen LogP contribution >= 0.6 is 22.9 Å². The minimum absolute atomic E-state index is 0.0106. The quantitative estimate of drug-likeness (QED) is 0.796. The van der Waals surface area contributed by atoms with Crippen LogP contribution in [0.15, 0.2) is 5.38 Å². The number of carbonyl (C=O) groups excluding carboxylic acids is 1. The lowest BCUT2D eigenvalue weighted by atomic mass is 10.1. The summed E-state index contributed by atoms with van der Waals surface area (Å²) in [5.41, 5.74) is 2.15. The van der Waals surface area contributed by atoms with Crippen LogP contribution in [0.2, 0.25) is 5.02 Å². The first-order valence-electron chi connectivity index (χ1n) is 6.26. The first-order chi connectivity index (χ1) is 9.06. The molecule has 0 radical (unpaired) electrons. The highest BCUT2D eigenvalue weighted by Crippen LogP contribution is 2.23. The van der Waals surface area contributed by atoms with Gasteiger partial charge in [-0.3, -0.25) is 9.48 Å². The van der Waals surface area contributed by atoms with Gasteiger partial charge in [-0.2, -0.15) is 5.10 Å². The zero-order chi connectivity index (χ0) is 14.0. The maximum Gasteiger partial charge on any atom is 0.188 e. The molecule has 0 aliphatic carbocycles. The molecule has 0 atom stereocenters. The van der Waals surface area contributed by atoms with Gasteiger partial charge >= 0.3 is 0 Å². The third kappa shape index (κ3) is 2.87. The number of hydrogen-bond acceptors (Lipinski definition) is 4. The van der Waals surface area contributed by atoms with E-state index >= 15 is 0 Å². The van der Waals surface area contributed by atoms with Gasteiger partial charge in [-0.05, 0) is 20.3 Å². The number of aromatic nitrogens is 3. The third-order valence-corrected chi connectivity index (χ3v) is 4.14. The molecule has 6 heteroatoms. The standard InChI is InChI=1S/C13H16ClN3OS/c1-4-9-13(14)11(17(5-2)16-9)6-12(18)10-7-19-8(3)15-10/h7H,4-6H2,1-3H3. The summed E-state index contributed by atoms with van der Waals surface area (Å²) in [4.78, 5) is 16.4. The zero-order valence-electron chi connectivity index (χ0n) is 11.2. The summed E-state index contributed by atoms with van der Waals surface area (Å²) in [5.74, 6) is -0.0106. The molecule has 102 valence electrons. The number of thiazole rings is 1. The minimum Gasteiger partial charge on any atom is -0.292 e. The normalized spacial score (nSPS) is 10.9. The maximum atomic E-state index is 12.2. The molecule has 0 amide bonds. The van der Waals surface area contributed by atoms with Crippen molar-refractivity contribution in [1.29, 1.82) is 0 Å². The highest BCUT2D eigenvalue weighted by molar-refractivity contribution is 7.09. The van der Waals surface area contributed by atoms with E-state index in [9.17, 15) is 4.79 Å². The number of hydrogen-bond donors (Lipinski definition) is 0. The van der Waals surface area contributed by atoms with Gasteiger partial charge in [-0.25, -0.2) is 4.98 Å². The van der Waals surface area contributed by atoms with Crippen molar-refractivity contribution in [2.75, 3.05) is 0 Å². The molecule has 2 aromatic heterocycles. The molecule has 0 aliphatic heterocycles. The number of ketones is 1. The Labute approximate surface area is 121 Å². The van der Waals surface area contributed by atoms with Gasteiger partial charge in [0.2, 0.25) is 0 Å². The van der Waals surface area contributed by atoms with Crippen molar-refractivity contribution >= 4 is 28.7 Å². The van der Waals surface area contributed by atoms with Crippen LogP contribution in [0.25, 0.3) is 0 Å². The van der Waals surface area contributed by atoms with Crippen molar-refractivity contribution < 1.29 is 4.79 Å². The first kappa shape index (κ1) is 14.2. The lowest BCUT2D eigenvalue weighted by Gasteiger charge is -2.03. The molecule has 0 aliphatic rings. The molecular weight excluding hydrogens is 282 g/mol. The fourth-order valence-corrected chi connectivity index (χ4v) is 2.87. The van der Waals surface area contributed by atoms with Crippen LogP contribution in [-0.4, -0.2) is 20.5 Å². The number of carbonyl (C=O) groups is 1. The van der Waals surface area contributed by atoms with E-state index in [1.807, 2.05) is 20.8 Å². The predicted molar refractivity (Wildman–Crippen MR) is 77.2 cm³/mol. The van der Waals surface area contributed by atoms with Gasteiger partial charge in [-0.15, -0.1) is 11.3 Å². The van der Waals surface area contributed by atoms with E-state index in [4.69, 9.17) is 11.6 Å². The molecule has 0 fully saturated rings. The smallest absolute Gasteiger partial charge is 0.188 e. The number of Topliss-reactive ketones (excluding diaryl/α,β-unsaturated/α-hetero) is 1.